The molecule has 1 fully saturated rings. The Morgan fingerprint density at radius 3 is 2.42 bits per heavy atom. The highest BCUT2D eigenvalue weighted by Gasteiger charge is 2.66. The highest BCUT2D eigenvalue weighted by molar-refractivity contribution is 6.07. The van der Waals surface area contributed by atoms with Crippen molar-refractivity contribution in [2.24, 2.45) is 11.8 Å². The minimum Gasteiger partial charge on any atom is -0.497 e. The van der Waals surface area contributed by atoms with Gasteiger partial charge in [0.1, 0.15) is 5.75 Å². The van der Waals surface area contributed by atoms with Gasteiger partial charge in [0.05, 0.1) is 31.9 Å². The van der Waals surface area contributed by atoms with Crippen LogP contribution in [0.25, 0.3) is 0 Å². The third kappa shape index (κ3) is 5.36. The molecule has 226 valence electrons. The van der Waals surface area contributed by atoms with Crippen molar-refractivity contribution in [3.8, 4) is 5.75 Å². The molecule has 7 heteroatoms. The van der Waals surface area contributed by atoms with E-state index in [1.54, 1.807) is 23.0 Å². The molecule has 7 nitrogen and oxygen atoms in total. The average molecular weight is 583 g/mol. The molecule has 1 spiro atoms. The first-order valence-corrected chi connectivity index (χ1v) is 15.0. The molecular weight excluding hydrogens is 540 g/mol. The van der Waals surface area contributed by atoms with Crippen LogP contribution in [0.3, 0.4) is 0 Å². The van der Waals surface area contributed by atoms with E-state index in [1.807, 2.05) is 66.7 Å². The number of anilines is 1. The quantitative estimate of drug-likeness (QED) is 0.304. The summed E-state index contributed by atoms with van der Waals surface area (Å²) in [6, 6.07) is 25.5. The van der Waals surface area contributed by atoms with Crippen molar-refractivity contribution in [2.45, 2.75) is 50.9 Å². The van der Waals surface area contributed by atoms with Crippen molar-refractivity contribution in [1.82, 2.24) is 4.90 Å². The lowest BCUT2D eigenvalue weighted by atomic mass is 9.63. The number of amides is 2. The second-order valence-corrected chi connectivity index (χ2v) is 12.1. The summed E-state index contributed by atoms with van der Waals surface area (Å²) in [5, 5.41) is 9.84. The second-order valence-electron chi connectivity index (χ2n) is 12.1. The second kappa shape index (κ2) is 12.3. The Morgan fingerprint density at radius 1 is 1.09 bits per heavy atom. The van der Waals surface area contributed by atoms with Gasteiger partial charge in [-0.05, 0) is 34.7 Å². The third-order valence-corrected chi connectivity index (χ3v) is 9.37. The average Bonchev–Trinajstić information content (AvgIpc) is 3.44. The smallest absolute Gasteiger partial charge is 0.264 e. The predicted molar refractivity (Wildman–Crippen MR) is 168 cm³/mol. The molecule has 2 amide bonds. The van der Waals surface area contributed by atoms with Crippen molar-refractivity contribution in [3.63, 3.8) is 0 Å². The zero-order chi connectivity index (χ0) is 30.8. The van der Waals surface area contributed by atoms with Gasteiger partial charge in [-0.3, -0.25) is 9.59 Å². The van der Waals surface area contributed by atoms with Crippen molar-refractivity contribution in [3.05, 3.63) is 108 Å². The number of fused-ring (bicyclic) bond motifs is 2. The summed E-state index contributed by atoms with van der Waals surface area (Å²) in [4.78, 5) is 31.8. The van der Waals surface area contributed by atoms with E-state index in [2.05, 4.69) is 39.5 Å². The number of ether oxygens (including phenoxy) is 2. The lowest BCUT2D eigenvalue weighted by molar-refractivity contribution is -0.150. The van der Waals surface area contributed by atoms with Crippen molar-refractivity contribution < 1.29 is 24.2 Å². The van der Waals surface area contributed by atoms with E-state index in [4.69, 9.17) is 9.47 Å². The van der Waals surface area contributed by atoms with Gasteiger partial charge in [-0.1, -0.05) is 87.5 Å². The maximum absolute atomic E-state index is 14.4. The summed E-state index contributed by atoms with van der Waals surface area (Å²) in [5.41, 5.74) is 2.00. The number of nitrogens with zero attached hydrogens (tertiary/aromatic N) is 2. The van der Waals surface area contributed by atoms with Gasteiger partial charge < -0.3 is 24.4 Å². The molecule has 0 aromatic heterocycles. The maximum atomic E-state index is 14.4. The molecule has 2 heterocycles. The topological polar surface area (TPSA) is 79.3 Å². The molecule has 0 aliphatic carbocycles. The Hall–Kier alpha value is -3.94. The third-order valence-electron chi connectivity index (χ3n) is 9.37. The Kier molecular flexibility index (Phi) is 8.76. The normalized spacial score (nSPS) is 23.0. The number of aliphatic hydroxyl groups is 1. The zero-order valence-corrected chi connectivity index (χ0v) is 25.5. The van der Waals surface area contributed by atoms with E-state index < -0.39 is 17.1 Å². The molecule has 0 saturated carbocycles. The van der Waals surface area contributed by atoms with Crippen molar-refractivity contribution >= 4 is 17.5 Å². The number of hydrogen-bond donors (Lipinski definition) is 1. The van der Waals surface area contributed by atoms with Crippen molar-refractivity contribution in [2.75, 3.05) is 31.7 Å². The lowest BCUT2D eigenvalue weighted by Gasteiger charge is -2.39. The van der Waals surface area contributed by atoms with Gasteiger partial charge in [0.15, 0.2) is 5.60 Å². The highest BCUT2D eigenvalue weighted by atomic mass is 16.5. The van der Waals surface area contributed by atoms with Gasteiger partial charge in [0.2, 0.25) is 5.91 Å². The fraction of sp³-hybridized carbons (Fsp3) is 0.389. The van der Waals surface area contributed by atoms with E-state index >= 15 is 0 Å². The Bertz CT molecular complexity index is 1450. The molecule has 5 rings (SSSR count). The molecule has 3 aromatic rings. The Labute approximate surface area is 254 Å². The van der Waals surface area contributed by atoms with Crippen LogP contribution in [0.4, 0.5) is 5.69 Å². The number of aliphatic hydroxyl groups excluding tert-OH is 1. The first-order chi connectivity index (χ1) is 20.7. The summed E-state index contributed by atoms with van der Waals surface area (Å²) >= 11 is 0. The lowest BCUT2D eigenvalue weighted by Crippen LogP contribution is -2.46. The molecule has 0 radical (unpaired) electrons. The van der Waals surface area contributed by atoms with E-state index in [1.165, 1.54) is 0 Å². The summed E-state index contributed by atoms with van der Waals surface area (Å²) in [6.07, 6.45) is 1.25. The first kappa shape index (κ1) is 30.5. The van der Waals surface area contributed by atoms with Crippen LogP contribution < -0.4 is 9.64 Å². The number of para-hydroxylation sites is 1. The molecule has 43 heavy (non-hydrogen) atoms. The predicted octanol–water partition coefficient (Wildman–Crippen LogP) is 5.46. The fourth-order valence-corrected chi connectivity index (χ4v) is 7.30. The number of carbonyl (C=O) groups is 2. The molecule has 1 saturated heterocycles. The summed E-state index contributed by atoms with van der Waals surface area (Å²) in [6.45, 7) is 11.1. The molecular formula is C36H42N2O5. The SMILES string of the molecule is C=CCN1C(=O)[C@@]2(O[C@@H](CC(=O)N(CCO)Cc3ccccc3)[C@H](C(C)(C)c3ccc(OC)cc3)[C@H]2C)c2ccccc21. The largest absolute Gasteiger partial charge is 0.497 e. The van der Waals surface area contributed by atoms with Gasteiger partial charge >= 0.3 is 0 Å². The van der Waals surface area contributed by atoms with Gasteiger partial charge in [-0.25, -0.2) is 0 Å². The van der Waals surface area contributed by atoms with Crippen LogP contribution in [0.15, 0.2) is 91.5 Å². The van der Waals surface area contributed by atoms with Crippen LogP contribution in [0.1, 0.15) is 43.9 Å². The van der Waals surface area contributed by atoms with Crippen LogP contribution in [-0.2, 0) is 31.9 Å². The van der Waals surface area contributed by atoms with Crippen LogP contribution in [0.2, 0.25) is 0 Å². The highest BCUT2D eigenvalue weighted by Crippen LogP contribution is 2.59. The molecule has 2 aliphatic rings. The van der Waals surface area contributed by atoms with Gasteiger partial charge in [-0.2, -0.15) is 0 Å². The molecule has 1 N–H and O–H groups in total. The Morgan fingerprint density at radius 2 is 1.77 bits per heavy atom. The maximum Gasteiger partial charge on any atom is 0.264 e. The summed E-state index contributed by atoms with van der Waals surface area (Å²) in [5.74, 6) is 0.0657. The first-order valence-electron chi connectivity index (χ1n) is 15.0. The number of rotatable bonds is 11. The number of benzene rings is 3. The van der Waals surface area contributed by atoms with Gasteiger partial charge in [0.25, 0.3) is 5.91 Å². The van der Waals surface area contributed by atoms with E-state index in [0.29, 0.717) is 13.1 Å². The summed E-state index contributed by atoms with van der Waals surface area (Å²) < 4.78 is 12.4. The van der Waals surface area contributed by atoms with Crippen LogP contribution in [-0.4, -0.2) is 54.7 Å². The van der Waals surface area contributed by atoms with Crippen molar-refractivity contribution in [1.29, 1.82) is 0 Å². The monoisotopic (exact) mass is 582 g/mol. The van der Waals surface area contributed by atoms with E-state index in [-0.39, 0.29) is 43.2 Å². The molecule has 0 bridgehead atoms. The molecule has 4 atom stereocenters. The fourth-order valence-electron chi connectivity index (χ4n) is 7.30. The van der Waals surface area contributed by atoms with Crippen LogP contribution in [0, 0.1) is 11.8 Å². The van der Waals surface area contributed by atoms with E-state index in [9.17, 15) is 14.7 Å². The summed E-state index contributed by atoms with van der Waals surface area (Å²) in [7, 11) is 1.64. The number of carbonyl (C=O) groups excluding carboxylic acids is 2. The minimum absolute atomic E-state index is 0.0834. The van der Waals surface area contributed by atoms with Gasteiger partial charge in [0, 0.05) is 37.0 Å². The molecule has 2 aliphatic heterocycles. The number of methoxy groups -OCH3 is 1. The number of hydrogen-bond acceptors (Lipinski definition) is 5. The molecule has 0 unspecified atom stereocenters. The Balaban J connectivity index is 1.56. The molecule has 3 aromatic carbocycles. The minimum atomic E-state index is -1.24. The zero-order valence-electron chi connectivity index (χ0n) is 25.5. The standard InChI is InChI=1S/C36H42N2O5/c1-6-20-38-30-15-11-10-14-29(30)36(34(38)41)25(2)33(35(3,4)27-16-18-28(42-5)19-17-27)31(43-36)23-32(40)37(21-22-39)24-26-12-8-7-9-13-26/h6-19,25,31,33,39H,1,20-24H2,2-5H3/t25-,31+,33-,36+/m1/s1. The van der Waals surface area contributed by atoms with Crippen LogP contribution in [0.5, 0.6) is 5.75 Å². The van der Waals surface area contributed by atoms with Gasteiger partial charge in [-0.15, -0.1) is 6.58 Å². The van der Waals surface area contributed by atoms with E-state index in [0.717, 1.165) is 28.1 Å². The van der Waals surface area contributed by atoms with Crippen LogP contribution >= 0.6 is 0 Å².